The van der Waals surface area contributed by atoms with Crippen LogP contribution in [-0.2, 0) is 9.53 Å². The van der Waals surface area contributed by atoms with Gasteiger partial charge < -0.3 is 4.74 Å². The lowest BCUT2D eigenvalue weighted by atomic mass is 10.1. The normalized spacial score (nSPS) is 24.9. The summed E-state index contributed by atoms with van der Waals surface area (Å²) in [5, 5.41) is 2.05. The first kappa shape index (κ1) is 7.05. The van der Waals surface area contributed by atoms with Gasteiger partial charge in [0.25, 0.3) is 5.91 Å². The highest BCUT2D eigenvalue weighted by molar-refractivity contribution is 6.00. The lowest BCUT2D eigenvalue weighted by Gasteiger charge is -2.08. The van der Waals surface area contributed by atoms with Crippen molar-refractivity contribution < 1.29 is 14.3 Å². The molecule has 56 valence electrons. The van der Waals surface area contributed by atoms with E-state index < -0.39 is 12.2 Å². The Balaban J connectivity index is 2.63. The van der Waals surface area contributed by atoms with Gasteiger partial charge in [0.1, 0.15) is 0 Å². The summed E-state index contributed by atoms with van der Waals surface area (Å²) in [4.78, 5) is 21.2. The van der Waals surface area contributed by atoms with Gasteiger partial charge in [0.15, 0.2) is 6.10 Å². The molecular formula is C6H9NO3. The highest BCUT2D eigenvalue weighted by Gasteiger charge is 2.34. The van der Waals surface area contributed by atoms with E-state index >= 15 is 0 Å². The first-order chi connectivity index (χ1) is 4.61. The number of alkyl carbamates (subject to hydrolysis) is 1. The SMILES string of the molecule is CC(C)[C@H]1OC(=O)NC1=O. The molecule has 4 heteroatoms. The Morgan fingerprint density at radius 2 is 2.10 bits per heavy atom. The molecule has 0 bridgehead atoms. The second kappa shape index (κ2) is 2.28. The summed E-state index contributed by atoms with van der Waals surface area (Å²) in [6.07, 6.45) is -1.23. The summed E-state index contributed by atoms with van der Waals surface area (Å²) in [6.45, 7) is 3.64. The molecule has 2 amide bonds. The van der Waals surface area contributed by atoms with Gasteiger partial charge in [-0.05, 0) is 5.92 Å². The largest absolute Gasteiger partial charge is 0.436 e. The molecule has 1 N–H and O–H groups in total. The third-order valence-electron chi connectivity index (χ3n) is 1.32. The molecule has 4 nitrogen and oxygen atoms in total. The number of ether oxygens (including phenoxy) is 1. The molecule has 0 spiro atoms. The molecule has 0 radical (unpaired) electrons. The van der Waals surface area contributed by atoms with Crippen molar-refractivity contribution >= 4 is 12.0 Å². The minimum Gasteiger partial charge on any atom is -0.436 e. The van der Waals surface area contributed by atoms with Crippen LogP contribution in [0.2, 0.25) is 0 Å². The van der Waals surface area contributed by atoms with Gasteiger partial charge in [0.2, 0.25) is 0 Å². The highest BCUT2D eigenvalue weighted by Crippen LogP contribution is 2.11. The van der Waals surface area contributed by atoms with Gasteiger partial charge in [-0.2, -0.15) is 0 Å². The molecular weight excluding hydrogens is 134 g/mol. The van der Waals surface area contributed by atoms with E-state index in [1.165, 1.54) is 0 Å². The van der Waals surface area contributed by atoms with Gasteiger partial charge in [-0.3, -0.25) is 10.1 Å². The van der Waals surface area contributed by atoms with E-state index in [9.17, 15) is 9.59 Å². The van der Waals surface area contributed by atoms with Gasteiger partial charge in [-0.15, -0.1) is 0 Å². The van der Waals surface area contributed by atoms with E-state index in [0.717, 1.165) is 0 Å². The fourth-order valence-corrected chi connectivity index (χ4v) is 0.809. The number of amides is 2. The molecule has 1 atom stereocenters. The highest BCUT2D eigenvalue weighted by atomic mass is 16.6. The second-order valence-electron chi connectivity index (χ2n) is 2.56. The maximum absolute atomic E-state index is 10.8. The summed E-state index contributed by atoms with van der Waals surface area (Å²) >= 11 is 0. The zero-order valence-electron chi connectivity index (χ0n) is 5.88. The van der Waals surface area contributed by atoms with Crippen LogP contribution in [0.25, 0.3) is 0 Å². The van der Waals surface area contributed by atoms with Crippen molar-refractivity contribution in [3.63, 3.8) is 0 Å². The molecule has 1 aliphatic rings. The number of rotatable bonds is 1. The summed E-state index contributed by atoms with van der Waals surface area (Å²) in [5.41, 5.74) is 0. The summed E-state index contributed by atoms with van der Waals surface area (Å²) < 4.78 is 4.64. The van der Waals surface area contributed by atoms with Crippen molar-refractivity contribution in [3.8, 4) is 0 Å². The Morgan fingerprint density at radius 1 is 1.50 bits per heavy atom. The summed E-state index contributed by atoms with van der Waals surface area (Å²) in [7, 11) is 0. The van der Waals surface area contributed by atoms with Crippen molar-refractivity contribution in [2.45, 2.75) is 20.0 Å². The Morgan fingerprint density at radius 3 is 2.30 bits per heavy atom. The Hall–Kier alpha value is -1.06. The maximum Gasteiger partial charge on any atom is 0.414 e. The molecule has 1 saturated heterocycles. The Bertz CT molecular complexity index is 176. The molecule has 0 aromatic heterocycles. The summed E-state index contributed by atoms with van der Waals surface area (Å²) in [6, 6.07) is 0. The predicted octanol–water partition coefficient (Wildman–Crippen LogP) is 0.277. The number of hydrogen-bond donors (Lipinski definition) is 1. The average molecular weight is 143 g/mol. The van der Waals surface area contributed by atoms with E-state index in [1.807, 2.05) is 19.2 Å². The van der Waals surface area contributed by atoms with Gasteiger partial charge in [0.05, 0.1) is 0 Å². The minimum absolute atomic E-state index is 0.0476. The number of cyclic esters (lactones) is 1. The van der Waals surface area contributed by atoms with Crippen molar-refractivity contribution in [2.24, 2.45) is 5.92 Å². The molecule has 1 aliphatic heterocycles. The third-order valence-corrected chi connectivity index (χ3v) is 1.32. The fraction of sp³-hybridized carbons (Fsp3) is 0.667. The molecule has 0 aliphatic carbocycles. The average Bonchev–Trinajstić information content (AvgIpc) is 2.10. The quantitative estimate of drug-likeness (QED) is 0.573. The lowest BCUT2D eigenvalue weighted by Crippen LogP contribution is -2.27. The van der Waals surface area contributed by atoms with E-state index in [1.54, 1.807) is 0 Å². The van der Waals surface area contributed by atoms with E-state index in [4.69, 9.17) is 0 Å². The second-order valence-corrected chi connectivity index (χ2v) is 2.56. The minimum atomic E-state index is -0.635. The molecule has 0 aromatic carbocycles. The molecule has 10 heavy (non-hydrogen) atoms. The molecule has 1 fully saturated rings. The smallest absolute Gasteiger partial charge is 0.414 e. The van der Waals surface area contributed by atoms with Crippen LogP contribution in [-0.4, -0.2) is 18.1 Å². The monoisotopic (exact) mass is 143 g/mol. The van der Waals surface area contributed by atoms with E-state index in [2.05, 4.69) is 4.74 Å². The van der Waals surface area contributed by atoms with Crippen LogP contribution in [0.5, 0.6) is 0 Å². The van der Waals surface area contributed by atoms with Gasteiger partial charge in [-0.1, -0.05) is 13.8 Å². The van der Waals surface area contributed by atoms with Crippen LogP contribution in [0.15, 0.2) is 0 Å². The third kappa shape index (κ3) is 1.10. The maximum atomic E-state index is 10.8. The molecule has 0 saturated carbocycles. The zero-order valence-corrected chi connectivity index (χ0v) is 5.88. The topological polar surface area (TPSA) is 55.4 Å². The van der Waals surface area contributed by atoms with Gasteiger partial charge in [-0.25, -0.2) is 4.79 Å². The van der Waals surface area contributed by atoms with Crippen molar-refractivity contribution in [1.29, 1.82) is 0 Å². The standard InChI is InChI=1S/C6H9NO3/c1-3(2)4-5(8)7-6(9)10-4/h3-4H,1-2H3,(H,7,8,9)/t4-/m1/s1. The predicted molar refractivity (Wildman–Crippen MR) is 33.2 cm³/mol. The van der Waals surface area contributed by atoms with Crippen molar-refractivity contribution in [2.75, 3.05) is 0 Å². The number of carbonyl (C=O) groups excluding carboxylic acids is 2. The summed E-state index contributed by atoms with van der Waals surface area (Å²) in [5.74, 6) is -0.286. The molecule has 0 aromatic rings. The Kier molecular flexibility index (Phi) is 1.61. The van der Waals surface area contributed by atoms with E-state index in [-0.39, 0.29) is 11.8 Å². The van der Waals surface area contributed by atoms with Crippen LogP contribution in [0.1, 0.15) is 13.8 Å². The van der Waals surface area contributed by atoms with Gasteiger partial charge >= 0.3 is 6.09 Å². The van der Waals surface area contributed by atoms with Crippen LogP contribution >= 0.6 is 0 Å². The Labute approximate surface area is 58.5 Å². The lowest BCUT2D eigenvalue weighted by molar-refractivity contribution is -0.124. The molecule has 0 unspecified atom stereocenters. The first-order valence-corrected chi connectivity index (χ1v) is 3.12. The first-order valence-electron chi connectivity index (χ1n) is 3.12. The number of nitrogens with one attached hydrogen (secondary N) is 1. The fourth-order valence-electron chi connectivity index (χ4n) is 0.809. The van der Waals surface area contributed by atoms with E-state index in [0.29, 0.717) is 0 Å². The van der Waals surface area contributed by atoms with Crippen molar-refractivity contribution in [3.05, 3.63) is 0 Å². The van der Waals surface area contributed by atoms with Crippen LogP contribution < -0.4 is 5.32 Å². The molecule has 1 rings (SSSR count). The molecule has 1 heterocycles. The van der Waals surface area contributed by atoms with Crippen LogP contribution in [0.3, 0.4) is 0 Å². The van der Waals surface area contributed by atoms with Crippen LogP contribution in [0.4, 0.5) is 4.79 Å². The zero-order chi connectivity index (χ0) is 7.72. The van der Waals surface area contributed by atoms with Gasteiger partial charge in [0, 0.05) is 0 Å². The van der Waals surface area contributed by atoms with Crippen molar-refractivity contribution in [1.82, 2.24) is 5.32 Å². The number of imide groups is 1. The number of hydrogen-bond acceptors (Lipinski definition) is 3. The number of carbonyl (C=O) groups is 2. The van der Waals surface area contributed by atoms with Crippen LogP contribution in [0, 0.1) is 5.92 Å².